The number of aliphatic hydroxyl groups is 1. The molecule has 0 aliphatic rings. The van der Waals surface area contributed by atoms with Gasteiger partial charge in [-0.05, 0) is 19.1 Å². The van der Waals surface area contributed by atoms with Crippen molar-refractivity contribution >= 4 is 11.6 Å². The van der Waals surface area contributed by atoms with E-state index in [9.17, 15) is 9.90 Å². The molecule has 2 N–H and O–H groups in total. The summed E-state index contributed by atoms with van der Waals surface area (Å²) < 4.78 is 0. The molecule has 0 spiro atoms. The Morgan fingerprint density at radius 1 is 1.50 bits per heavy atom. The zero-order chi connectivity index (χ0) is 12.3. The molecule has 88 valence electrons. The molecule has 1 amide bonds. The first-order valence-electron chi connectivity index (χ1n) is 5.27. The van der Waals surface area contributed by atoms with Gasteiger partial charge < -0.3 is 10.4 Å². The van der Waals surface area contributed by atoms with Crippen LogP contribution in [-0.2, 0) is 4.79 Å². The number of rotatable bonds is 2. The zero-order valence-electron chi connectivity index (χ0n) is 10.1. The molecule has 1 unspecified atom stereocenters. The predicted molar refractivity (Wildman–Crippen MR) is 63.0 cm³/mol. The van der Waals surface area contributed by atoms with E-state index in [1.54, 1.807) is 25.3 Å². The van der Waals surface area contributed by atoms with Gasteiger partial charge in [-0.25, -0.2) is 0 Å². The van der Waals surface area contributed by atoms with E-state index in [2.05, 4.69) is 10.3 Å². The third-order valence-electron chi connectivity index (χ3n) is 2.16. The van der Waals surface area contributed by atoms with E-state index in [1.807, 2.05) is 20.8 Å². The molecule has 4 heteroatoms. The second-order valence-electron chi connectivity index (χ2n) is 4.82. The van der Waals surface area contributed by atoms with Crippen LogP contribution in [0.5, 0.6) is 0 Å². The number of hydrogen-bond acceptors (Lipinski definition) is 3. The average Bonchev–Trinajstić information content (AvgIpc) is 2.16. The molecule has 1 aromatic heterocycles. The molecule has 0 aromatic carbocycles. The second-order valence-corrected chi connectivity index (χ2v) is 4.82. The molecule has 4 nitrogen and oxygen atoms in total. The van der Waals surface area contributed by atoms with E-state index in [4.69, 9.17) is 0 Å². The molecule has 0 fully saturated rings. The van der Waals surface area contributed by atoms with E-state index in [0.29, 0.717) is 11.4 Å². The Balaban J connectivity index is 2.94. The van der Waals surface area contributed by atoms with Crippen LogP contribution in [0.2, 0.25) is 0 Å². The molecule has 0 bridgehead atoms. The topological polar surface area (TPSA) is 62.2 Å². The van der Waals surface area contributed by atoms with Gasteiger partial charge in [0.25, 0.3) is 0 Å². The molecular formula is C12H18N2O2. The zero-order valence-corrected chi connectivity index (χ0v) is 10.1. The molecule has 0 aliphatic heterocycles. The number of carbonyl (C=O) groups is 1. The minimum absolute atomic E-state index is 0.0950. The van der Waals surface area contributed by atoms with Crippen molar-refractivity contribution in [3.05, 3.63) is 24.0 Å². The Morgan fingerprint density at radius 3 is 2.62 bits per heavy atom. The summed E-state index contributed by atoms with van der Waals surface area (Å²) in [5.41, 5.74) is 0.587. The highest BCUT2D eigenvalue weighted by atomic mass is 16.3. The lowest BCUT2D eigenvalue weighted by Gasteiger charge is -2.19. The van der Waals surface area contributed by atoms with Gasteiger partial charge in [0, 0.05) is 11.6 Å². The number of nitrogens with one attached hydrogen (secondary N) is 1. The van der Waals surface area contributed by atoms with Crippen LogP contribution in [0, 0.1) is 5.41 Å². The minimum Gasteiger partial charge on any atom is -0.387 e. The third-order valence-corrected chi connectivity index (χ3v) is 2.16. The maximum atomic E-state index is 11.8. The van der Waals surface area contributed by atoms with Crippen LogP contribution in [0.3, 0.4) is 0 Å². The van der Waals surface area contributed by atoms with Crippen LogP contribution in [0.15, 0.2) is 18.3 Å². The first-order chi connectivity index (χ1) is 7.32. The number of anilines is 1. The molecule has 0 radical (unpaired) electrons. The lowest BCUT2D eigenvalue weighted by atomic mass is 9.95. The molecule has 0 saturated carbocycles. The number of aromatic nitrogens is 1. The van der Waals surface area contributed by atoms with Crippen molar-refractivity contribution in [2.24, 2.45) is 5.41 Å². The largest absolute Gasteiger partial charge is 0.387 e. The molecule has 1 aromatic rings. The molecule has 1 atom stereocenters. The Labute approximate surface area is 95.7 Å². The van der Waals surface area contributed by atoms with Gasteiger partial charge in [-0.2, -0.15) is 0 Å². The highest BCUT2D eigenvalue weighted by molar-refractivity contribution is 5.94. The molecule has 16 heavy (non-hydrogen) atoms. The van der Waals surface area contributed by atoms with Gasteiger partial charge in [0.2, 0.25) is 5.91 Å². The van der Waals surface area contributed by atoms with E-state index in [1.165, 1.54) is 0 Å². The number of amides is 1. The normalized spacial score (nSPS) is 13.3. The van der Waals surface area contributed by atoms with Crippen molar-refractivity contribution in [2.75, 3.05) is 5.32 Å². The van der Waals surface area contributed by atoms with Gasteiger partial charge >= 0.3 is 0 Å². The van der Waals surface area contributed by atoms with Gasteiger partial charge in [0.05, 0.1) is 17.5 Å². The van der Waals surface area contributed by atoms with Crippen LogP contribution >= 0.6 is 0 Å². The van der Waals surface area contributed by atoms with Gasteiger partial charge in [-0.3, -0.25) is 9.78 Å². The highest BCUT2D eigenvalue weighted by Crippen LogP contribution is 2.22. The second kappa shape index (κ2) is 4.61. The minimum atomic E-state index is -0.698. The van der Waals surface area contributed by atoms with Gasteiger partial charge in [-0.15, -0.1) is 0 Å². The van der Waals surface area contributed by atoms with Crippen molar-refractivity contribution in [1.29, 1.82) is 0 Å². The smallest absolute Gasteiger partial charge is 0.229 e. The van der Waals surface area contributed by atoms with Crippen molar-refractivity contribution in [2.45, 2.75) is 33.8 Å². The number of carbonyl (C=O) groups excluding carboxylic acids is 1. The van der Waals surface area contributed by atoms with Gasteiger partial charge in [0.1, 0.15) is 0 Å². The van der Waals surface area contributed by atoms with E-state index in [-0.39, 0.29) is 5.91 Å². The predicted octanol–water partition coefficient (Wildman–Crippen LogP) is 2.12. The fraction of sp³-hybridized carbons (Fsp3) is 0.500. The van der Waals surface area contributed by atoms with Crippen LogP contribution in [-0.4, -0.2) is 16.0 Å². The number of aliphatic hydroxyl groups excluding tert-OH is 1. The van der Waals surface area contributed by atoms with Crippen molar-refractivity contribution < 1.29 is 9.90 Å². The standard InChI is InChI=1S/C12H18N2O2/c1-8(15)10-9(6-5-7-13-10)14-11(16)12(2,3)4/h5-8,15H,1-4H3,(H,14,16). The fourth-order valence-electron chi connectivity index (χ4n) is 1.17. The highest BCUT2D eigenvalue weighted by Gasteiger charge is 2.22. The quantitative estimate of drug-likeness (QED) is 0.805. The maximum Gasteiger partial charge on any atom is 0.229 e. The van der Waals surface area contributed by atoms with E-state index >= 15 is 0 Å². The molecule has 0 saturated heterocycles. The SMILES string of the molecule is CC(O)c1ncccc1NC(=O)C(C)(C)C. The Kier molecular flexibility index (Phi) is 3.65. The Morgan fingerprint density at radius 2 is 2.12 bits per heavy atom. The maximum absolute atomic E-state index is 11.8. The lowest BCUT2D eigenvalue weighted by Crippen LogP contribution is -2.28. The summed E-state index contributed by atoms with van der Waals surface area (Å²) in [6, 6.07) is 3.46. The first-order valence-corrected chi connectivity index (χ1v) is 5.27. The summed E-state index contributed by atoms with van der Waals surface area (Å²) in [5, 5.41) is 12.3. The number of pyridine rings is 1. The Hall–Kier alpha value is -1.42. The molecular weight excluding hydrogens is 204 g/mol. The van der Waals surface area contributed by atoms with Crippen molar-refractivity contribution in [1.82, 2.24) is 4.98 Å². The van der Waals surface area contributed by atoms with Gasteiger partial charge in [0.15, 0.2) is 0 Å². The van der Waals surface area contributed by atoms with Crippen molar-refractivity contribution in [3.63, 3.8) is 0 Å². The third kappa shape index (κ3) is 3.03. The van der Waals surface area contributed by atoms with Crippen molar-refractivity contribution in [3.8, 4) is 0 Å². The average molecular weight is 222 g/mol. The fourth-order valence-corrected chi connectivity index (χ4v) is 1.17. The molecule has 0 aliphatic carbocycles. The molecule has 1 rings (SSSR count). The van der Waals surface area contributed by atoms with Crippen LogP contribution < -0.4 is 5.32 Å². The number of hydrogen-bond donors (Lipinski definition) is 2. The van der Waals surface area contributed by atoms with E-state index in [0.717, 1.165) is 0 Å². The number of nitrogens with zero attached hydrogens (tertiary/aromatic N) is 1. The van der Waals surface area contributed by atoms with Crippen LogP contribution in [0.1, 0.15) is 39.5 Å². The summed E-state index contributed by atoms with van der Waals surface area (Å²) >= 11 is 0. The van der Waals surface area contributed by atoms with E-state index < -0.39 is 11.5 Å². The first kappa shape index (κ1) is 12.6. The van der Waals surface area contributed by atoms with Crippen LogP contribution in [0.4, 0.5) is 5.69 Å². The summed E-state index contributed by atoms with van der Waals surface area (Å²) in [6.07, 6.45) is 0.894. The van der Waals surface area contributed by atoms with Crippen LogP contribution in [0.25, 0.3) is 0 Å². The Bertz CT molecular complexity index is 381. The summed E-state index contributed by atoms with van der Waals surface area (Å²) in [6.45, 7) is 7.12. The van der Waals surface area contributed by atoms with Gasteiger partial charge in [-0.1, -0.05) is 20.8 Å². The monoisotopic (exact) mass is 222 g/mol. The lowest BCUT2D eigenvalue weighted by molar-refractivity contribution is -0.123. The summed E-state index contributed by atoms with van der Waals surface area (Å²) in [5.74, 6) is -0.0950. The summed E-state index contributed by atoms with van der Waals surface area (Å²) in [4.78, 5) is 15.8. The molecule has 1 heterocycles. The summed E-state index contributed by atoms with van der Waals surface area (Å²) in [7, 11) is 0.